The van der Waals surface area contributed by atoms with Gasteiger partial charge in [-0.15, -0.1) is 0 Å². The number of hydrogen-bond donors (Lipinski definition) is 2. The van der Waals surface area contributed by atoms with Gasteiger partial charge in [0.2, 0.25) is 0 Å². The van der Waals surface area contributed by atoms with Gasteiger partial charge in [-0.2, -0.15) is 0 Å². The maximum Gasteiger partial charge on any atom is 0.128 e. The maximum atomic E-state index is 13.4. The second-order valence-corrected chi connectivity index (χ2v) is 5.06. The van der Waals surface area contributed by atoms with Gasteiger partial charge in [0.15, 0.2) is 0 Å². The summed E-state index contributed by atoms with van der Waals surface area (Å²) in [7, 11) is 0. The van der Waals surface area contributed by atoms with Gasteiger partial charge < -0.3 is 10.6 Å². The van der Waals surface area contributed by atoms with E-state index < -0.39 is 0 Å². The van der Waals surface area contributed by atoms with Gasteiger partial charge in [0, 0.05) is 6.54 Å². The molecule has 1 unspecified atom stereocenters. The highest BCUT2D eigenvalue weighted by Gasteiger charge is 2.14. The average Bonchev–Trinajstić information content (AvgIpc) is 2.78. The van der Waals surface area contributed by atoms with Gasteiger partial charge in [0.25, 0.3) is 0 Å². The maximum absolute atomic E-state index is 13.4. The molecule has 0 aromatic heterocycles. The van der Waals surface area contributed by atoms with Crippen LogP contribution in [0, 0.1) is 18.7 Å². The fourth-order valence-corrected chi connectivity index (χ4v) is 2.44. The van der Waals surface area contributed by atoms with E-state index in [1.54, 1.807) is 13.0 Å². The molecular weight excluding hydrogens is 239 g/mol. The minimum Gasteiger partial charge on any atom is -0.384 e. The summed E-state index contributed by atoms with van der Waals surface area (Å²) in [5.74, 6) is 0.524. The Labute approximate surface area is 107 Å². The first-order valence-electron chi connectivity index (χ1n) is 6.07. The van der Waals surface area contributed by atoms with E-state index in [2.05, 4.69) is 10.6 Å². The molecule has 2 nitrogen and oxygen atoms in total. The molecule has 2 N–H and O–H groups in total. The lowest BCUT2D eigenvalue weighted by Crippen LogP contribution is -2.13. The van der Waals surface area contributed by atoms with Crippen LogP contribution in [0.4, 0.5) is 10.1 Å². The number of rotatable bonds is 4. The van der Waals surface area contributed by atoms with Crippen LogP contribution >= 0.6 is 11.6 Å². The van der Waals surface area contributed by atoms with Crippen molar-refractivity contribution < 1.29 is 4.39 Å². The molecule has 0 amide bonds. The van der Waals surface area contributed by atoms with E-state index in [1.807, 2.05) is 0 Å². The Bertz CT molecular complexity index is 389. The van der Waals surface area contributed by atoms with Crippen molar-refractivity contribution >= 4 is 17.3 Å². The molecule has 1 aliphatic rings. The third-order valence-corrected chi connectivity index (χ3v) is 3.59. The molecule has 1 heterocycles. The van der Waals surface area contributed by atoms with E-state index in [4.69, 9.17) is 11.6 Å². The SMILES string of the molecule is Cc1cc(Cl)c(NCCC2CCNC2)cc1F. The summed E-state index contributed by atoms with van der Waals surface area (Å²) in [6, 6.07) is 3.14. The van der Waals surface area contributed by atoms with Gasteiger partial charge in [-0.3, -0.25) is 0 Å². The largest absolute Gasteiger partial charge is 0.384 e. The lowest BCUT2D eigenvalue weighted by molar-refractivity contribution is 0.549. The Morgan fingerprint density at radius 3 is 3.06 bits per heavy atom. The topological polar surface area (TPSA) is 24.1 Å². The number of benzene rings is 1. The van der Waals surface area contributed by atoms with E-state index in [-0.39, 0.29) is 5.82 Å². The number of aryl methyl sites for hydroxylation is 1. The van der Waals surface area contributed by atoms with E-state index in [0.717, 1.165) is 32.0 Å². The number of nitrogens with one attached hydrogen (secondary N) is 2. The number of anilines is 1. The van der Waals surface area contributed by atoms with E-state index in [0.29, 0.717) is 16.3 Å². The fraction of sp³-hybridized carbons (Fsp3) is 0.538. The van der Waals surface area contributed by atoms with Gasteiger partial charge >= 0.3 is 0 Å². The van der Waals surface area contributed by atoms with Crippen molar-refractivity contribution in [2.45, 2.75) is 19.8 Å². The van der Waals surface area contributed by atoms with Crippen molar-refractivity contribution in [3.8, 4) is 0 Å². The molecule has 0 aliphatic carbocycles. The molecule has 1 aromatic rings. The highest BCUT2D eigenvalue weighted by Crippen LogP contribution is 2.25. The lowest BCUT2D eigenvalue weighted by atomic mass is 10.1. The summed E-state index contributed by atoms with van der Waals surface area (Å²) in [6.45, 7) is 4.77. The molecule has 0 radical (unpaired) electrons. The van der Waals surface area contributed by atoms with Gasteiger partial charge in [0.1, 0.15) is 5.82 Å². The van der Waals surface area contributed by atoms with Gasteiger partial charge in [-0.05, 0) is 56.5 Å². The van der Waals surface area contributed by atoms with Crippen LogP contribution in [0.1, 0.15) is 18.4 Å². The Morgan fingerprint density at radius 1 is 1.53 bits per heavy atom. The summed E-state index contributed by atoms with van der Waals surface area (Å²) in [5.41, 5.74) is 1.28. The van der Waals surface area contributed by atoms with Crippen LogP contribution in [0.15, 0.2) is 12.1 Å². The zero-order valence-electron chi connectivity index (χ0n) is 10.0. The molecule has 1 fully saturated rings. The van der Waals surface area contributed by atoms with Gasteiger partial charge in [-0.25, -0.2) is 4.39 Å². The van der Waals surface area contributed by atoms with Crippen molar-refractivity contribution in [1.29, 1.82) is 0 Å². The van der Waals surface area contributed by atoms with Crippen LogP contribution < -0.4 is 10.6 Å². The molecule has 4 heteroatoms. The average molecular weight is 257 g/mol. The summed E-state index contributed by atoms with van der Waals surface area (Å²) in [6.07, 6.45) is 2.33. The monoisotopic (exact) mass is 256 g/mol. The van der Waals surface area contributed by atoms with Crippen molar-refractivity contribution in [3.05, 3.63) is 28.5 Å². The summed E-state index contributed by atoms with van der Waals surface area (Å²) in [4.78, 5) is 0. The first-order valence-corrected chi connectivity index (χ1v) is 6.45. The Balaban J connectivity index is 1.87. The van der Waals surface area contributed by atoms with Crippen LogP contribution in [0.3, 0.4) is 0 Å². The Kier molecular flexibility index (Phi) is 4.24. The third-order valence-electron chi connectivity index (χ3n) is 3.28. The first-order chi connectivity index (χ1) is 8.16. The predicted molar refractivity (Wildman–Crippen MR) is 70.2 cm³/mol. The van der Waals surface area contributed by atoms with E-state index in [1.165, 1.54) is 12.5 Å². The predicted octanol–water partition coefficient (Wildman–Crippen LogP) is 3.20. The Morgan fingerprint density at radius 2 is 2.35 bits per heavy atom. The van der Waals surface area contributed by atoms with Crippen molar-refractivity contribution in [2.24, 2.45) is 5.92 Å². The smallest absolute Gasteiger partial charge is 0.128 e. The summed E-state index contributed by atoms with van der Waals surface area (Å²) >= 11 is 6.06. The quantitative estimate of drug-likeness (QED) is 0.865. The molecule has 0 bridgehead atoms. The fourth-order valence-electron chi connectivity index (χ4n) is 2.15. The second kappa shape index (κ2) is 5.69. The first kappa shape index (κ1) is 12.7. The molecular formula is C13H18ClFN2. The van der Waals surface area contributed by atoms with Gasteiger partial charge in [0.05, 0.1) is 10.7 Å². The normalized spacial score (nSPS) is 19.6. The molecule has 1 aromatic carbocycles. The minimum absolute atomic E-state index is 0.209. The molecule has 1 saturated heterocycles. The third kappa shape index (κ3) is 3.33. The lowest BCUT2D eigenvalue weighted by Gasteiger charge is -2.12. The highest BCUT2D eigenvalue weighted by molar-refractivity contribution is 6.33. The molecule has 1 atom stereocenters. The van der Waals surface area contributed by atoms with Crippen LogP contribution in [0.5, 0.6) is 0 Å². The van der Waals surface area contributed by atoms with Crippen LogP contribution in [0.2, 0.25) is 5.02 Å². The number of hydrogen-bond acceptors (Lipinski definition) is 2. The van der Waals surface area contributed by atoms with Crippen molar-refractivity contribution in [2.75, 3.05) is 25.0 Å². The minimum atomic E-state index is -0.209. The molecule has 0 saturated carbocycles. The number of halogens is 2. The Hall–Kier alpha value is -0.800. The van der Waals surface area contributed by atoms with Crippen LogP contribution in [-0.2, 0) is 0 Å². The van der Waals surface area contributed by atoms with Crippen LogP contribution in [0.25, 0.3) is 0 Å². The molecule has 94 valence electrons. The molecule has 17 heavy (non-hydrogen) atoms. The van der Waals surface area contributed by atoms with E-state index in [9.17, 15) is 4.39 Å². The molecule has 2 rings (SSSR count). The zero-order chi connectivity index (χ0) is 12.3. The molecule has 1 aliphatic heterocycles. The summed E-state index contributed by atoms with van der Waals surface area (Å²) in [5, 5.41) is 7.13. The second-order valence-electron chi connectivity index (χ2n) is 4.66. The van der Waals surface area contributed by atoms with E-state index >= 15 is 0 Å². The van der Waals surface area contributed by atoms with Gasteiger partial charge in [-0.1, -0.05) is 11.6 Å². The van der Waals surface area contributed by atoms with Crippen LogP contribution in [-0.4, -0.2) is 19.6 Å². The highest BCUT2D eigenvalue weighted by atomic mass is 35.5. The molecule has 0 spiro atoms. The van der Waals surface area contributed by atoms with Crippen molar-refractivity contribution in [3.63, 3.8) is 0 Å². The zero-order valence-corrected chi connectivity index (χ0v) is 10.8. The summed E-state index contributed by atoms with van der Waals surface area (Å²) < 4.78 is 13.4. The standard InChI is InChI=1S/C13H18ClFN2/c1-9-6-11(14)13(7-12(9)15)17-5-3-10-2-4-16-8-10/h6-7,10,16-17H,2-5,8H2,1H3. The van der Waals surface area contributed by atoms with Crippen molar-refractivity contribution in [1.82, 2.24) is 5.32 Å².